The minimum absolute atomic E-state index is 0.129. The fourth-order valence-electron chi connectivity index (χ4n) is 6.03. The molecule has 2 amide bonds. The van der Waals surface area contributed by atoms with Crippen molar-refractivity contribution in [1.29, 1.82) is 0 Å². The molecule has 0 bridgehead atoms. The van der Waals surface area contributed by atoms with Gasteiger partial charge in [0.2, 0.25) is 11.8 Å². The number of amides is 2. The predicted molar refractivity (Wildman–Crippen MR) is 144 cm³/mol. The zero-order chi connectivity index (χ0) is 26.6. The lowest BCUT2D eigenvalue weighted by atomic mass is 9.77. The fraction of sp³-hybridized carbons (Fsp3) is 0.429. The number of halogens is 1. The normalized spacial score (nSPS) is 23.8. The van der Waals surface area contributed by atoms with Crippen LogP contribution in [0.2, 0.25) is 5.15 Å². The Hall–Kier alpha value is -2.97. The Kier molecular flexibility index (Phi) is 6.75. The molecule has 1 aliphatic carbocycles. The van der Waals surface area contributed by atoms with E-state index < -0.39 is 29.8 Å². The molecule has 2 aliphatic rings. The molecule has 1 saturated heterocycles. The Morgan fingerprint density at radius 2 is 1.78 bits per heavy atom. The predicted octanol–water partition coefficient (Wildman–Crippen LogP) is 4.88. The minimum atomic E-state index is -0.982. The largest absolute Gasteiger partial charge is 0.368 e. The first-order valence-corrected chi connectivity index (χ1v) is 13.8. The minimum Gasteiger partial charge on any atom is -0.368 e. The monoisotopic (exact) mass is 538 g/mol. The van der Waals surface area contributed by atoms with Crippen molar-refractivity contribution in [3.05, 3.63) is 73.7 Å². The summed E-state index contributed by atoms with van der Waals surface area (Å²) >= 11 is 8.30. The summed E-state index contributed by atoms with van der Waals surface area (Å²) in [5.74, 6) is -2.45. The summed E-state index contributed by atoms with van der Waals surface area (Å²) in [5.41, 5.74) is 9.69. The average molecular weight is 539 g/mol. The van der Waals surface area contributed by atoms with E-state index >= 15 is 0 Å². The maximum Gasteiger partial charge on any atom is 0.240 e. The van der Waals surface area contributed by atoms with Gasteiger partial charge in [-0.1, -0.05) is 42.3 Å². The highest BCUT2D eigenvalue weighted by Crippen LogP contribution is 2.55. The molecule has 2 N–H and O–H groups in total. The first-order valence-electron chi connectivity index (χ1n) is 12.6. The molecule has 1 aromatic carbocycles. The number of nitrogens with two attached hydrogens (primary N) is 1. The number of hydrogen-bond donors (Lipinski definition) is 1. The van der Waals surface area contributed by atoms with E-state index in [0.717, 1.165) is 35.3 Å². The summed E-state index contributed by atoms with van der Waals surface area (Å²) in [6.07, 6.45) is 2.47. The number of thiophene rings is 1. The molecule has 1 saturated carbocycles. The zero-order valence-electron chi connectivity index (χ0n) is 21.4. The van der Waals surface area contributed by atoms with Crippen LogP contribution in [0.25, 0.3) is 0 Å². The third-order valence-electron chi connectivity index (χ3n) is 8.08. The van der Waals surface area contributed by atoms with Crippen LogP contribution in [0.4, 0.5) is 0 Å². The molecule has 0 spiro atoms. The van der Waals surface area contributed by atoms with E-state index in [1.807, 2.05) is 50.4 Å². The molecule has 4 atom stereocenters. The van der Waals surface area contributed by atoms with Crippen molar-refractivity contribution >= 4 is 40.5 Å². The van der Waals surface area contributed by atoms with Crippen LogP contribution in [-0.2, 0) is 16.6 Å². The van der Waals surface area contributed by atoms with Crippen molar-refractivity contribution in [3.63, 3.8) is 0 Å². The Labute approximate surface area is 225 Å². The Morgan fingerprint density at radius 1 is 1.08 bits per heavy atom. The van der Waals surface area contributed by atoms with Gasteiger partial charge >= 0.3 is 0 Å². The maximum absolute atomic E-state index is 14.5. The van der Waals surface area contributed by atoms with Crippen LogP contribution in [0.1, 0.15) is 68.8 Å². The van der Waals surface area contributed by atoms with Crippen LogP contribution in [0.15, 0.2) is 35.7 Å². The van der Waals surface area contributed by atoms with E-state index in [1.54, 1.807) is 22.7 Å². The van der Waals surface area contributed by atoms with Gasteiger partial charge in [-0.2, -0.15) is 5.10 Å². The number of hydrogen-bond acceptors (Lipinski definition) is 5. The molecule has 4 unspecified atom stereocenters. The summed E-state index contributed by atoms with van der Waals surface area (Å²) in [5, 5.41) is 6.81. The van der Waals surface area contributed by atoms with Crippen LogP contribution in [0.3, 0.4) is 0 Å². The van der Waals surface area contributed by atoms with Crippen molar-refractivity contribution in [2.75, 3.05) is 0 Å². The maximum atomic E-state index is 14.5. The van der Waals surface area contributed by atoms with Gasteiger partial charge in [-0.15, -0.1) is 11.3 Å². The Bertz CT molecular complexity index is 1390. The van der Waals surface area contributed by atoms with E-state index in [2.05, 4.69) is 5.10 Å². The number of rotatable bonds is 6. The zero-order valence-corrected chi connectivity index (χ0v) is 23.0. The molecular weight excluding hydrogens is 508 g/mol. The van der Waals surface area contributed by atoms with Gasteiger partial charge in [0.15, 0.2) is 5.78 Å². The van der Waals surface area contributed by atoms with Gasteiger partial charge in [-0.05, 0) is 56.2 Å². The molecule has 9 heteroatoms. The quantitative estimate of drug-likeness (QED) is 0.452. The van der Waals surface area contributed by atoms with Gasteiger partial charge in [0.05, 0.1) is 17.7 Å². The van der Waals surface area contributed by atoms with Crippen molar-refractivity contribution in [2.45, 2.75) is 58.0 Å². The molecule has 3 aromatic rings. The van der Waals surface area contributed by atoms with Crippen LogP contribution in [0.5, 0.6) is 0 Å². The van der Waals surface area contributed by atoms with E-state index in [-0.39, 0.29) is 17.6 Å². The molecule has 5 rings (SSSR count). The van der Waals surface area contributed by atoms with Gasteiger partial charge < -0.3 is 10.6 Å². The summed E-state index contributed by atoms with van der Waals surface area (Å²) in [7, 11) is 1.73. The molecule has 194 valence electrons. The van der Waals surface area contributed by atoms with Crippen LogP contribution >= 0.6 is 22.9 Å². The third-order valence-corrected chi connectivity index (χ3v) is 9.65. The number of ketones is 1. The first kappa shape index (κ1) is 25.7. The van der Waals surface area contributed by atoms with E-state index in [4.69, 9.17) is 17.3 Å². The summed E-state index contributed by atoms with van der Waals surface area (Å²) in [4.78, 5) is 44.3. The van der Waals surface area contributed by atoms with E-state index in [1.165, 1.54) is 11.3 Å². The number of carbonyl (C=O) groups excluding carboxylic acids is 3. The number of likely N-dealkylation sites (tertiary alicyclic amines) is 1. The summed E-state index contributed by atoms with van der Waals surface area (Å²) < 4.78 is 1.55. The highest BCUT2D eigenvalue weighted by Gasteiger charge is 2.59. The van der Waals surface area contributed by atoms with Crippen LogP contribution < -0.4 is 5.73 Å². The lowest BCUT2D eigenvalue weighted by molar-refractivity contribution is -0.145. The van der Waals surface area contributed by atoms with Gasteiger partial charge in [-0.3, -0.25) is 19.1 Å². The number of aryl methyl sites for hydroxylation is 4. The second-order valence-corrected chi connectivity index (χ2v) is 11.6. The number of primary amides is 1. The molecule has 7 nitrogen and oxygen atoms in total. The molecule has 37 heavy (non-hydrogen) atoms. The lowest BCUT2D eigenvalue weighted by Gasteiger charge is -2.36. The number of aromatic nitrogens is 2. The standard InChI is InChI=1S/C28H31ClN4O3S/c1-14-8-5-6-11-18(14)24(34)20-21(25-15(2)12-13-37-25)23(27(30)35)33(28(36)17-9-7-10-17)22(20)19-16(3)31-32(4)26(19)29/h5-6,8,11-13,17,20-23H,7,9-10H2,1-4H3,(H2,30,35). The van der Waals surface area contributed by atoms with Crippen LogP contribution in [-0.4, -0.2) is 38.3 Å². The summed E-state index contributed by atoms with van der Waals surface area (Å²) in [6.45, 7) is 5.69. The molecule has 3 heterocycles. The number of carbonyl (C=O) groups is 3. The molecule has 0 radical (unpaired) electrons. The summed E-state index contributed by atoms with van der Waals surface area (Å²) in [6, 6.07) is 7.64. The van der Waals surface area contributed by atoms with Crippen molar-refractivity contribution < 1.29 is 14.4 Å². The van der Waals surface area contributed by atoms with Gasteiger partial charge in [0.1, 0.15) is 11.2 Å². The topological polar surface area (TPSA) is 98.3 Å². The number of Topliss-reactive ketones (excluding diaryl/α,β-unsaturated/α-hetero) is 1. The molecule has 2 fully saturated rings. The second kappa shape index (κ2) is 9.72. The molecule has 1 aliphatic heterocycles. The number of nitrogens with zero attached hydrogens (tertiary/aromatic N) is 3. The van der Waals surface area contributed by atoms with Gasteiger partial charge in [0, 0.05) is 34.9 Å². The second-order valence-electron chi connectivity index (χ2n) is 10.3. The average Bonchev–Trinajstić information content (AvgIpc) is 3.45. The number of benzene rings is 1. The smallest absolute Gasteiger partial charge is 0.240 e. The highest BCUT2D eigenvalue weighted by molar-refractivity contribution is 7.10. The Balaban J connectivity index is 1.80. The van der Waals surface area contributed by atoms with Crippen molar-refractivity contribution in [1.82, 2.24) is 14.7 Å². The van der Waals surface area contributed by atoms with E-state index in [0.29, 0.717) is 22.0 Å². The lowest BCUT2D eigenvalue weighted by Crippen LogP contribution is -2.49. The molecular formula is C28H31ClN4O3S. The van der Waals surface area contributed by atoms with Gasteiger partial charge in [-0.25, -0.2) is 0 Å². The highest BCUT2D eigenvalue weighted by atomic mass is 35.5. The van der Waals surface area contributed by atoms with Crippen molar-refractivity contribution in [2.24, 2.45) is 24.6 Å². The third kappa shape index (κ3) is 4.10. The van der Waals surface area contributed by atoms with Crippen molar-refractivity contribution in [3.8, 4) is 0 Å². The Morgan fingerprint density at radius 3 is 2.30 bits per heavy atom. The van der Waals surface area contributed by atoms with Gasteiger partial charge in [0.25, 0.3) is 0 Å². The fourth-order valence-corrected chi connectivity index (χ4v) is 7.43. The SMILES string of the molecule is Cc1ccccc1C(=O)C1C(c2sccc2C)C(C(N)=O)N(C(=O)C2CCC2)C1c1c(C)nn(C)c1Cl. The first-order chi connectivity index (χ1) is 17.6. The van der Waals surface area contributed by atoms with E-state index in [9.17, 15) is 14.4 Å². The molecule has 2 aromatic heterocycles. The van der Waals surface area contributed by atoms with Crippen LogP contribution in [0, 0.1) is 32.6 Å².